The van der Waals surface area contributed by atoms with Gasteiger partial charge in [-0.2, -0.15) is 0 Å². The number of hydrogen-bond donors (Lipinski definition) is 1. The quantitative estimate of drug-likeness (QED) is 0.936. The van der Waals surface area contributed by atoms with Gasteiger partial charge in [-0.05, 0) is 29.0 Å². The van der Waals surface area contributed by atoms with Gasteiger partial charge < -0.3 is 10.6 Å². The summed E-state index contributed by atoms with van der Waals surface area (Å²) in [6.45, 7) is 5.56. The molecule has 0 bridgehead atoms. The minimum atomic E-state index is -0.410. The summed E-state index contributed by atoms with van der Waals surface area (Å²) in [6, 6.07) is 18.5. The van der Waals surface area contributed by atoms with Crippen molar-refractivity contribution in [1.29, 1.82) is 0 Å². The van der Waals surface area contributed by atoms with Crippen LogP contribution in [-0.4, -0.2) is 23.4 Å². The van der Waals surface area contributed by atoms with E-state index in [1.807, 2.05) is 17.0 Å². The van der Waals surface area contributed by atoms with E-state index in [1.165, 1.54) is 16.7 Å². The first kappa shape index (κ1) is 16.7. The molecule has 0 aliphatic carbocycles. The highest BCUT2D eigenvalue weighted by atomic mass is 16.2. The summed E-state index contributed by atoms with van der Waals surface area (Å²) < 4.78 is 0. The first-order valence-corrected chi connectivity index (χ1v) is 8.73. The maximum Gasteiger partial charge on any atom is 0.239 e. The molecule has 0 aromatic heterocycles. The topological polar surface area (TPSA) is 46.3 Å². The van der Waals surface area contributed by atoms with Crippen LogP contribution < -0.4 is 5.73 Å². The third-order valence-electron chi connectivity index (χ3n) is 4.75. The summed E-state index contributed by atoms with van der Waals surface area (Å²) in [4.78, 5) is 14.8. The molecule has 1 amide bonds. The molecule has 0 radical (unpaired) electrons. The lowest BCUT2D eigenvalue weighted by Crippen LogP contribution is -2.47. The van der Waals surface area contributed by atoms with Crippen LogP contribution >= 0.6 is 0 Å². The molecule has 2 aromatic rings. The van der Waals surface area contributed by atoms with E-state index in [9.17, 15) is 4.79 Å². The molecule has 2 N–H and O–H groups in total. The average Bonchev–Trinajstić information content (AvgIpc) is 2.60. The molecule has 2 atom stereocenters. The van der Waals surface area contributed by atoms with Crippen molar-refractivity contribution in [3.05, 3.63) is 71.3 Å². The van der Waals surface area contributed by atoms with Gasteiger partial charge in [-0.25, -0.2) is 0 Å². The number of benzene rings is 2. The van der Waals surface area contributed by atoms with Crippen LogP contribution in [0.3, 0.4) is 0 Å². The largest absolute Gasteiger partial charge is 0.336 e. The smallest absolute Gasteiger partial charge is 0.239 e. The Morgan fingerprint density at radius 1 is 1.12 bits per heavy atom. The van der Waals surface area contributed by atoms with Gasteiger partial charge in [-0.3, -0.25) is 4.79 Å². The standard InChI is InChI=1S/C21H26N2O/c1-15(2)12-20(22)21(24)23-13-17-10-6-7-11-18(17)19(14-23)16-8-4-3-5-9-16/h3-11,15,19-20H,12-14,22H2,1-2H3/t19?,20-/m0/s1. The van der Waals surface area contributed by atoms with E-state index in [4.69, 9.17) is 5.73 Å². The average molecular weight is 322 g/mol. The Hall–Kier alpha value is -2.13. The summed E-state index contributed by atoms with van der Waals surface area (Å²) in [5.74, 6) is 0.705. The summed E-state index contributed by atoms with van der Waals surface area (Å²) in [7, 11) is 0. The van der Waals surface area contributed by atoms with Crippen LogP contribution in [0.1, 0.15) is 42.9 Å². The van der Waals surface area contributed by atoms with Crippen molar-refractivity contribution in [3.63, 3.8) is 0 Å². The molecule has 1 heterocycles. The molecular formula is C21H26N2O. The lowest BCUT2D eigenvalue weighted by molar-refractivity contribution is -0.134. The molecule has 3 nitrogen and oxygen atoms in total. The van der Waals surface area contributed by atoms with Gasteiger partial charge in [0, 0.05) is 19.0 Å². The van der Waals surface area contributed by atoms with Gasteiger partial charge in [0.25, 0.3) is 0 Å². The Morgan fingerprint density at radius 3 is 2.50 bits per heavy atom. The fourth-order valence-corrected chi connectivity index (χ4v) is 3.59. The molecule has 0 spiro atoms. The second-order valence-corrected chi connectivity index (χ2v) is 7.12. The number of amides is 1. The number of carbonyl (C=O) groups excluding carboxylic acids is 1. The first-order chi connectivity index (χ1) is 11.6. The fourth-order valence-electron chi connectivity index (χ4n) is 3.59. The van der Waals surface area contributed by atoms with Crippen LogP contribution in [0.15, 0.2) is 54.6 Å². The number of hydrogen-bond acceptors (Lipinski definition) is 2. The third kappa shape index (κ3) is 3.51. The zero-order chi connectivity index (χ0) is 17.1. The van der Waals surface area contributed by atoms with Gasteiger partial charge in [0.2, 0.25) is 5.91 Å². The third-order valence-corrected chi connectivity index (χ3v) is 4.75. The Labute approximate surface area is 144 Å². The van der Waals surface area contributed by atoms with E-state index in [1.54, 1.807) is 0 Å². The maximum atomic E-state index is 12.8. The lowest BCUT2D eigenvalue weighted by Gasteiger charge is -2.36. The van der Waals surface area contributed by atoms with Crippen molar-refractivity contribution in [3.8, 4) is 0 Å². The van der Waals surface area contributed by atoms with E-state index in [2.05, 4.69) is 56.3 Å². The Balaban J connectivity index is 1.89. The number of fused-ring (bicyclic) bond motifs is 1. The molecule has 1 unspecified atom stereocenters. The van der Waals surface area contributed by atoms with Crippen LogP contribution in [0.5, 0.6) is 0 Å². The molecule has 126 valence electrons. The van der Waals surface area contributed by atoms with E-state index < -0.39 is 6.04 Å². The predicted molar refractivity (Wildman–Crippen MR) is 97.6 cm³/mol. The molecule has 1 aliphatic heterocycles. The monoisotopic (exact) mass is 322 g/mol. The summed E-state index contributed by atoms with van der Waals surface area (Å²) in [6.07, 6.45) is 0.729. The Morgan fingerprint density at radius 2 is 1.79 bits per heavy atom. The number of nitrogens with two attached hydrogens (primary N) is 1. The van der Waals surface area contributed by atoms with Gasteiger partial charge in [0.15, 0.2) is 0 Å². The summed E-state index contributed by atoms with van der Waals surface area (Å²) >= 11 is 0. The van der Waals surface area contributed by atoms with Crippen molar-refractivity contribution in [1.82, 2.24) is 4.90 Å². The molecule has 3 heteroatoms. The minimum absolute atomic E-state index is 0.0686. The highest BCUT2D eigenvalue weighted by molar-refractivity contribution is 5.82. The van der Waals surface area contributed by atoms with E-state index >= 15 is 0 Å². The zero-order valence-electron chi connectivity index (χ0n) is 14.5. The van der Waals surface area contributed by atoms with Crippen LogP contribution in [0, 0.1) is 5.92 Å². The Bertz CT molecular complexity index is 696. The van der Waals surface area contributed by atoms with Gasteiger partial charge in [-0.1, -0.05) is 68.4 Å². The summed E-state index contributed by atoms with van der Waals surface area (Å²) in [5.41, 5.74) is 9.96. The maximum absolute atomic E-state index is 12.8. The number of nitrogens with zero attached hydrogens (tertiary/aromatic N) is 1. The van der Waals surface area contributed by atoms with Crippen LogP contribution in [0.4, 0.5) is 0 Å². The van der Waals surface area contributed by atoms with Gasteiger partial charge in [0.05, 0.1) is 6.04 Å². The molecule has 3 rings (SSSR count). The van der Waals surface area contributed by atoms with E-state index in [0.717, 1.165) is 6.42 Å². The predicted octanol–water partition coefficient (Wildman–Crippen LogP) is 3.53. The minimum Gasteiger partial charge on any atom is -0.336 e. The highest BCUT2D eigenvalue weighted by Gasteiger charge is 2.31. The normalized spacial score (nSPS) is 18.3. The van der Waals surface area contributed by atoms with Crippen molar-refractivity contribution < 1.29 is 4.79 Å². The fraction of sp³-hybridized carbons (Fsp3) is 0.381. The SMILES string of the molecule is CC(C)C[C@H](N)C(=O)N1Cc2ccccc2C(c2ccccc2)C1. The highest BCUT2D eigenvalue weighted by Crippen LogP contribution is 2.33. The van der Waals surface area contributed by atoms with Crippen molar-refractivity contribution in [2.24, 2.45) is 11.7 Å². The van der Waals surface area contributed by atoms with Gasteiger partial charge >= 0.3 is 0 Å². The molecule has 2 aromatic carbocycles. The number of rotatable bonds is 4. The van der Waals surface area contributed by atoms with Crippen LogP contribution in [-0.2, 0) is 11.3 Å². The Kier molecular flexibility index (Phi) is 5.00. The second-order valence-electron chi connectivity index (χ2n) is 7.12. The first-order valence-electron chi connectivity index (χ1n) is 8.73. The molecule has 0 saturated carbocycles. The van der Waals surface area contributed by atoms with E-state index in [0.29, 0.717) is 19.0 Å². The molecule has 0 fully saturated rings. The molecule has 0 saturated heterocycles. The van der Waals surface area contributed by atoms with Crippen LogP contribution in [0.25, 0.3) is 0 Å². The van der Waals surface area contributed by atoms with Gasteiger partial charge in [-0.15, -0.1) is 0 Å². The van der Waals surface area contributed by atoms with E-state index in [-0.39, 0.29) is 11.8 Å². The molecule has 24 heavy (non-hydrogen) atoms. The zero-order valence-corrected chi connectivity index (χ0v) is 14.5. The lowest BCUT2D eigenvalue weighted by atomic mass is 9.84. The van der Waals surface area contributed by atoms with Crippen molar-refractivity contribution in [2.75, 3.05) is 6.54 Å². The number of carbonyl (C=O) groups is 1. The van der Waals surface area contributed by atoms with Crippen molar-refractivity contribution >= 4 is 5.91 Å². The van der Waals surface area contributed by atoms with Gasteiger partial charge in [0.1, 0.15) is 0 Å². The molecule has 1 aliphatic rings. The van der Waals surface area contributed by atoms with Crippen molar-refractivity contribution in [2.45, 2.75) is 38.8 Å². The molecular weight excluding hydrogens is 296 g/mol. The summed E-state index contributed by atoms with van der Waals surface area (Å²) in [5, 5.41) is 0. The van der Waals surface area contributed by atoms with Crippen LogP contribution in [0.2, 0.25) is 0 Å². The second kappa shape index (κ2) is 7.18.